The number of carboxylic acids is 1. The predicted molar refractivity (Wildman–Crippen MR) is 108 cm³/mol. The van der Waals surface area contributed by atoms with Gasteiger partial charge in [-0.15, -0.1) is 0 Å². The van der Waals surface area contributed by atoms with Crippen LogP contribution in [0.15, 0.2) is 67.3 Å². The standard InChI is InChI=1S/C19H17N5.C2HF3O2/c1-2-24-13-16(11-22-24)15-8-9-20-17(10-15)19-21-12-18(23-19)14-6-4-3-5-7-14;3-2(4,5)1(6)7/h3-13H,2H2,1H3,(H,21,23);(H,6,7). The Bertz CT molecular complexity index is 1150. The van der Waals surface area contributed by atoms with Crippen LogP contribution in [0, 0.1) is 0 Å². The van der Waals surface area contributed by atoms with Crippen LogP contribution >= 0.6 is 0 Å². The van der Waals surface area contributed by atoms with E-state index in [-0.39, 0.29) is 0 Å². The molecule has 0 spiro atoms. The third-order valence-corrected chi connectivity index (χ3v) is 4.20. The third kappa shape index (κ3) is 5.56. The van der Waals surface area contributed by atoms with Crippen LogP contribution < -0.4 is 0 Å². The van der Waals surface area contributed by atoms with E-state index in [0.29, 0.717) is 0 Å². The van der Waals surface area contributed by atoms with E-state index >= 15 is 0 Å². The molecule has 1 aromatic carbocycles. The van der Waals surface area contributed by atoms with E-state index in [1.807, 2.05) is 53.6 Å². The van der Waals surface area contributed by atoms with Crippen molar-refractivity contribution in [3.8, 4) is 33.9 Å². The second kappa shape index (κ2) is 9.24. The van der Waals surface area contributed by atoms with Crippen LogP contribution in [0.25, 0.3) is 33.9 Å². The number of aromatic amines is 1. The highest BCUT2D eigenvalue weighted by atomic mass is 19.4. The maximum atomic E-state index is 10.6. The van der Waals surface area contributed by atoms with Crippen molar-refractivity contribution in [3.05, 3.63) is 67.3 Å². The van der Waals surface area contributed by atoms with Crippen LogP contribution in [0.4, 0.5) is 13.2 Å². The molecule has 2 N–H and O–H groups in total. The van der Waals surface area contributed by atoms with E-state index in [9.17, 15) is 13.2 Å². The molecule has 4 rings (SSSR count). The molecular weight excluding hydrogens is 411 g/mol. The Hall–Kier alpha value is -3.95. The van der Waals surface area contributed by atoms with Gasteiger partial charge in [0.15, 0.2) is 5.82 Å². The quantitative estimate of drug-likeness (QED) is 0.492. The molecule has 0 radical (unpaired) electrons. The summed E-state index contributed by atoms with van der Waals surface area (Å²) in [5, 5.41) is 11.5. The number of hydrogen-bond donors (Lipinski definition) is 2. The van der Waals surface area contributed by atoms with Gasteiger partial charge >= 0.3 is 12.1 Å². The molecule has 7 nitrogen and oxygen atoms in total. The first-order valence-electron chi connectivity index (χ1n) is 9.17. The molecule has 10 heteroatoms. The summed E-state index contributed by atoms with van der Waals surface area (Å²) in [6, 6.07) is 14.2. The summed E-state index contributed by atoms with van der Waals surface area (Å²) >= 11 is 0. The summed E-state index contributed by atoms with van der Waals surface area (Å²) in [6.45, 7) is 2.93. The number of aryl methyl sites for hydroxylation is 1. The van der Waals surface area contributed by atoms with Crippen LogP contribution in [0.1, 0.15) is 6.92 Å². The zero-order valence-electron chi connectivity index (χ0n) is 16.3. The van der Waals surface area contributed by atoms with Gasteiger partial charge in [-0.25, -0.2) is 9.78 Å². The lowest BCUT2D eigenvalue weighted by Crippen LogP contribution is -2.21. The van der Waals surface area contributed by atoms with Crippen molar-refractivity contribution in [3.63, 3.8) is 0 Å². The maximum absolute atomic E-state index is 10.6. The minimum atomic E-state index is -5.08. The van der Waals surface area contributed by atoms with Crippen molar-refractivity contribution in [2.75, 3.05) is 0 Å². The van der Waals surface area contributed by atoms with E-state index in [2.05, 4.69) is 39.1 Å². The minimum Gasteiger partial charge on any atom is -0.475 e. The number of H-pyrrole nitrogens is 1. The molecule has 31 heavy (non-hydrogen) atoms. The normalized spacial score (nSPS) is 11.0. The topological polar surface area (TPSA) is 96.7 Å². The molecule has 0 saturated heterocycles. The lowest BCUT2D eigenvalue weighted by molar-refractivity contribution is -0.192. The Morgan fingerprint density at radius 2 is 1.77 bits per heavy atom. The van der Waals surface area contributed by atoms with Crippen molar-refractivity contribution in [1.82, 2.24) is 24.7 Å². The molecule has 0 atom stereocenters. The Morgan fingerprint density at radius 3 is 2.39 bits per heavy atom. The number of carboxylic acid groups (broad SMARTS) is 1. The molecule has 0 aliphatic carbocycles. The van der Waals surface area contributed by atoms with Gasteiger partial charge in [-0.05, 0) is 30.2 Å². The second-order valence-electron chi connectivity index (χ2n) is 6.33. The zero-order valence-corrected chi connectivity index (χ0v) is 16.3. The van der Waals surface area contributed by atoms with Crippen LogP contribution in [0.5, 0.6) is 0 Å². The summed E-state index contributed by atoms with van der Waals surface area (Å²) in [6.07, 6.45) is 2.48. The Morgan fingerprint density at radius 1 is 1.06 bits per heavy atom. The zero-order chi connectivity index (χ0) is 22.4. The highest BCUT2D eigenvalue weighted by Gasteiger charge is 2.38. The molecule has 0 fully saturated rings. The number of aromatic nitrogens is 5. The molecule has 0 amide bonds. The average molecular weight is 429 g/mol. The molecular formula is C21H18F3N5O2. The molecule has 160 valence electrons. The van der Waals surface area contributed by atoms with Gasteiger partial charge in [0, 0.05) is 24.5 Å². The number of carbonyl (C=O) groups is 1. The number of alkyl halides is 3. The smallest absolute Gasteiger partial charge is 0.475 e. The molecule has 4 aromatic rings. The highest BCUT2D eigenvalue weighted by Crippen LogP contribution is 2.25. The van der Waals surface area contributed by atoms with E-state index in [4.69, 9.17) is 9.90 Å². The van der Waals surface area contributed by atoms with Crippen LogP contribution in [0.3, 0.4) is 0 Å². The van der Waals surface area contributed by atoms with E-state index in [1.165, 1.54) is 0 Å². The van der Waals surface area contributed by atoms with Crippen LogP contribution in [0.2, 0.25) is 0 Å². The van der Waals surface area contributed by atoms with Gasteiger partial charge in [0.05, 0.1) is 18.1 Å². The van der Waals surface area contributed by atoms with Gasteiger partial charge in [-0.3, -0.25) is 9.67 Å². The number of imidazole rings is 1. The molecule has 3 heterocycles. The number of rotatable bonds is 4. The van der Waals surface area contributed by atoms with Crippen LogP contribution in [-0.4, -0.2) is 42.0 Å². The lowest BCUT2D eigenvalue weighted by atomic mass is 10.1. The lowest BCUT2D eigenvalue weighted by Gasteiger charge is -2.01. The average Bonchev–Trinajstić information content (AvgIpc) is 3.44. The van der Waals surface area contributed by atoms with Gasteiger partial charge in [-0.1, -0.05) is 30.3 Å². The Labute approximate surface area is 175 Å². The number of hydrogen-bond acceptors (Lipinski definition) is 4. The molecule has 0 unspecified atom stereocenters. The number of nitrogens with one attached hydrogen (secondary N) is 1. The molecule has 0 bridgehead atoms. The summed E-state index contributed by atoms with van der Waals surface area (Å²) in [5.74, 6) is -1.99. The number of nitrogens with zero attached hydrogens (tertiary/aromatic N) is 4. The molecule has 0 aliphatic rings. The molecule has 0 aliphatic heterocycles. The number of aliphatic carboxylic acids is 1. The SMILES string of the molecule is CCn1cc(-c2ccnc(-c3ncc(-c4ccccc4)[nH]3)c2)cn1.O=C(O)C(F)(F)F. The third-order valence-electron chi connectivity index (χ3n) is 4.20. The van der Waals surface area contributed by atoms with Gasteiger partial charge < -0.3 is 10.1 Å². The van der Waals surface area contributed by atoms with Crippen molar-refractivity contribution < 1.29 is 23.1 Å². The number of halogens is 3. The summed E-state index contributed by atoms with van der Waals surface area (Å²) < 4.78 is 33.6. The molecule has 0 saturated carbocycles. The predicted octanol–water partition coefficient (Wildman–Crippen LogP) is 4.66. The first-order valence-corrected chi connectivity index (χ1v) is 9.17. The monoisotopic (exact) mass is 429 g/mol. The maximum Gasteiger partial charge on any atom is 0.490 e. The summed E-state index contributed by atoms with van der Waals surface area (Å²) in [7, 11) is 0. The van der Waals surface area contributed by atoms with Crippen molar-refractivity contribution in [2.45, 2.75) is 19.6 Å². The number of pyridine rings is 1. The van der Waals surface area contributed by atoms with Gasteiger partial charge in [-0.2, -0.15) is 18.3 Å². The fraction of sp³-hybridized carbons (Fsp3) is 0.143. The summed E-state index contributed by atoms with van der Waals surface area (Å²) in [5.41, 5.74) is 5.07. The van der Waals surface area contributed by atoms with Gasteiger partial charge in [0.1, 0.15) is 5.69 Å². The van der Waals surface area contributed by atoms with Crippen LogP contribution in [-0.2, 0) is 11.3 Å². The molecule has 3 aromatic heterocycles. The minimum absolute atomic E-state index is 0.763. The largest absolute Gasteiger partial charge is 0.490 e. The highest BCUT2D eigenvalue weighted by molar-refractivity contribution is 5.73. The first-order chi connectivity index (χ1) is 14.8. The fourth-order valence-electron chi connectivity index (χ4n) is 2.64. The fourth-order valence-corrected chi connectivity index (χ4v) is 2.64. The van der Waals surface area contributed by atoms with E-state index in [0.717, 1.165) is 40.4 Å². The van der Waals surface area contributed by atoms with Crippen molar-refractivity contribution in [1.29, 1.82) is 0 Å². The Kier molecular flexibility index (Phi) is 6.49. The van der Waals surface area contributed by atoms with E-state index in [1.54, 1.807) is 6.20 Å². The Balaban J connectivity index is 0.000000339. The summed E-state index contributed by atoms with van der Waals surface area (Å²) in [4.78, 5) is 21.2. The van der Waals surface area contributed by atoms with Crippen molar-refractivity contribution in [2.24, 2.45) is 0 Å². The first kappa shape index (κ1) is 21.8. The van der Waals surface area contributed by atoms with E-state index < -0.39 is 12.1 Å². The van der Waals surface area contributed by atoms with Gasteiger partial charge in [0.25, 0.3) is 0 Å². The van der Waals surface area contributed by atoms with Crippen molar-refractivity contribution >= 4 is 5.97 Å². The van der Waals surface area contributed by atoms with Gasteiger partial charge in [0.2, 0.25) is 0 Å². The number of benzene rings is 1. The second-order valence-corrected chi connectivity index (χ2v) is 6.33.